The molecule has 0 aromatic heterocycles. The van der Waals surface area contributed by atoms with Gasteiger partial charge in [-0.3, -0.25) is 9.59 Å². The van der Waals surface area contributed by atoms with Crippen molar-refractivity contribution < 1.29 is 29.6 Å². The third-order valence-corrected chi connectivity index (χ3v) is 10.8. The minimum absolute atomic E-state index is 0.00131. The molecule has 0 radical (unpaired) electrons. The number of aliphatic hydroxyl groups excluding tert-OH is 1. The van der Waals surface area contributed by atoms with Gasteiger partial charge in [-0.1, -0.05) is 84.1 Å². The van der Waals surface area contributed by atoms with Crippen molar-refractivity contribution >= 4 is 11.8 Å². The minimum atomic E-state index is -1.77. The number of fused-ring (bicyclic) bond motifs is 5. The van der Waals surface area contributed by atoms with E-state index < -0.39 is 28.6 Å². The Morgan fingerprint density at radius 1 is 1.05 bits per heavy atom. The van der Waals surface area contributed by atoms with Crippen molar-refractivity contribution in [3.8, 4) is 0 Å². The van der Waals surface area contributed by atoms with Gasteiger partial charge >= 0.3 is 5.97 Å². The zero-order valence-corrected chi connectivity index (χ0v) is 25.4. The van der Waals surface area contributed by atoms with Crippen molar-refractivity contribution in [1.82, 2.24) is 0 Å². The smallest absolute Gasteiger partial charge is 0.306 e. The summed E-state index contributed by atoms with van der Waals surface area (Å²) in [6, 6.07) is 0. The van der Waals surface area contributed by atoms with Gasteiger partial charge in [-0.25, -0.2) is 0 Å². The number of esters is 1. The highest BCUT2D eigenvalue weighted by Crippen LogP contribution is 2.76. The molecule has 7 atom stereocenters. The van der Waals surface area contributed by atoms with Crippen LogP contribution in [-0.4, -0.2) is 50.5 Å². The van der Waals surface area contributed by atoms with Gasteiger partial charge < -0.3 is 20.1 Å². The number of ketones is 1. The van der Waals surface area contributed by atoms with Crippen LogP contribution in [0.3, 0.4) is 0 Å². The summed E-state index contributed by atoms with van der Waals surface area (Å²) in [6.45, 7) is 9.72. The lowest BCUT2D eigenvalue weighted by Crippen LogP contribution is -2.61. The van der Waals surface area contributed by atoms with Gasteiger partial charge in [-0.05, 0) is 56.1 Å². The fourth-order valence-electron chi connectivity index (χ4n) is 8.49. The Hall–Kier alpha value is -1.76. The number of hydrogen-bond donors (Lipinski definition) is 3. The Balaban J connectivity index is 1.40. The number of ether oxygens (including phenoxy) is 1. The van der Waals surface area contributed by atoms with E-state index in [0.717, 1.165) is 19.3 Å². The van der Waals surface area contributed by atoms with Gasteiger partial charge in [-0.15, -0.1) is 0 Å². The maximum absolute atomic E-state index is 13.1. The molecule has 0 aromatic carbocycles. The van der Waals surface area contributed by atoms with Crippen molar-refractivity contribution in [3.05, 3.63) is 35.5 Å². The Bertz CT molecular complexity index is 1050. The molecule has 0 saturated heterocycles. The standard InChI is InChI=1S/C34H52O6/c1-6-7-8-9-10-11-12-13-14-15-16-17-28(36)40-33-20-24(3)34(39)26(29(33)31(33,4)5)19-25(22-35)21-32(38)27(34)18-23(2)30(32)37/h13-14,18-19,24,26-27,29,35,38-39H,6-12,15-17,20-22H2,1-5H3/b14-13-/t24-,26+,27-,29-,32-,33+,34-/m1/s1. The fourth-order valence-corrected chi connectivity index (χ4v) is 8.49. The average Bonchev–Trinajstić information content (AvgIpc) is 3.31. The summed E-state index contributed by atoms with van der Waals surface area (Å²) in [6.07, 6.45) is 19.3. The topological polar surface area (TPSA) is 104 Å². The Morgan fingerprint density at radius 3 is 2.38 bits per heavy atom. The number of carbonyl (C=O) groups is 2. The Kier molecular flexibility index (Phi) is 9.24. The van der Waals surface area contributed by atoms with Gasteiger partial charge in [0.1, 0.15) is 11.2 Å². The van der Waals surface area contributed by atoms with E-state index in [2.05, 4.69) is 32.9 Å². The molecule has 0 unspecified atom stereocenters. The van der Waals surface area contributed by atoms with Gasteiger partial charge in [-0.2, -0.15) is 0 Å². The molecule has 0 bridgehead atoms. The second kappa shape index (κ2) is 11.9. The zero-order valence-electron chi connectivity index (χ0n) is 25.4. The predicted octanol–water partition coefficient (Wildman–Crippen LogP) is 5.99. The van der Waals surface area contributed by atoms with Crippen LogP contribution in [0.5, 0.6) is 0 Å². The fraction of sp³-hybridized carbons (Fsp3) is 0.765. The normalized spacial score (nSPS) is 37.8. The number of rotatable bonds is 13. The molecule has 6 heteroatoms. The molecule has 0 aromatic rings. The summed E-state index contributed by atoms with van der Waals surface area (Å²) >= 11 is 0. The first-order valence-corrected chi connectivity index (χ1v) is 15.7. The summed E-state index contributed by atoms with van der Waals surface area (Å²) in [7, 11) is 0. The number of Topliss-reactive ketones (excluding diaryl/α,β-unsaturated/α-hetero) is 1. The Labute approximate surface area is 241 Å². The van der Waals surface area contributed by atoms with Crippen LogP contribution in [0.4, 0.5) is 0 Å². The van der Waals surface area contributed by atoms with Gasteiger partial charge in [0.25, 0.3) is 0 Å². The van der Waals surface area contributed by atoms with E-state index in [1.54, 1.807) is 13.0 Å². The third-order valence-electron chi connectivity index (χ3n) is 10.8. The summed E-state index contributed by atoms with van der Waals surface area (Å²) in [5, 5.41) is 34.1. The molecule has 0 heterocycles. The van der Waals surface area contributed by atoms with E-state index in [1.165, 1.54) is 38.5 Å². The van der Waals surface area contributed by atoms with Crippen LogP contribution in [0.15, 0.2) is 35.5 Å². The van der Waals surface area contributed by atoms with E-state index in [0.29, 0.717) is 24.0 Å². The van der Waals surface area contributed by atoms with Crippen LogP contribution in [0.1, 0.15) is 112 Å². The summed E-state index contributed by atoms with van der Waals surface area (Å²) in [5.41, 5.74) is -3.26. The average molecular weight is 557 g/mol. The van der Waals surface area contributed by atoms with E-state index in [4.69, 9.17) is 4.74 Å². The molecule has 0 amide bonds. The van der Waals surface area contributed by atoms with Crippen molar-refractivity contribution in [2.24, 2.45) is 29.1 Å². The van der Waals surface area contributed by atoms with Crippen LogP contribution < -0.4 is 0 Å². The van der Waals surface area contributed by atoms with E-state index in [1.807, 2.05) is 13.0 Å². The number of allylic oxidation sites excluding steroid dienone is 2. The first-order valence-electron chi connectivity index (χ1n) is 15.7. The van der Waals surface area contributed by atoms with Gasteiger partial charge in [0.2, 0.25) is 0 Å². The van der Waals surface area contributed by atoms with E-state index in [-0.39, 0.29) is 42.0 Å². The predicted molar refractivity (Wildman–Crippen MR) is 156 cm³/mol. The van der Waals surface area contributed by atoms with Crippen LogP contribution in [0.2, 0.25) is 0 Å². The van der Waals surface area contributed by atoms with Crippen molar-refractivity contribution in [3.63, 3.8) is 0 Å². The van der Waals surface area contributed by atoms with Gasteiger partial charge in [0.15, 0.2) is 5.78 Å². The summed E-state index contributed by atoms with van der Waals surface area (Å²) in [5.74, 6) is -2.33. The molecule has 4 aliphatic rings. The number of unbranched alkanes of at least 4 members (excludes halogenated alkanes) is 7. The third kappa shape index (κ3) is 5.18. The largest absolute Gasteiger partial charge is 0.458 e. The number of carbonyl (C=O) groups excluding carboxylic acids is 2. The molecule has 6 nitrogen and oxygen atoms in total. The first kappa shape index (κ1) is 31.2. The minimum Gasteiger partial charge on any atom is -0.458 e. The van der Waals surface area contributed by atoms with Crippen molar-refractivity contribution in [2.75, 3.05) is 6.61 Å². The molecule has 2 fully saturated rings. The summed E-state index contributed by atoms with van der Waals surface area (Å²) < 4.78 is 6.30. The van der Waals surface area contributed by atoms with Crippen molar-refractivity contribution in [1.29, 1.82) is 0 Å². The van der Waals surface area contributed by atoms with Crippen LogP contribution in [0, 0.1) is 29.1 Å². The van der Waals surface area contributed by atoms with Crippen LogP contribution in [0.25, 0.3) is 0 Å². The van der Waals surface area contributed by atoms with Crippen molar-refractivity contribution in [2.45, 2.75) is 128 Å². The maximum atomic E-state index is 13.1. The molecule has 40 heavy (non-hydrogen) atoms. The molecule has 0 spiro atoms. The molecule has 0 aliphatic heterocycles. The van der Waals surface area contributed by atoms with E-state index >= 15 is 0 Å². The van der Waals surface area contributed by atoms with Gasteiger partial charge in [0, 0.05) is 36.0 Å². The monoisotopic (exact) mass is 556 g/mol. The van der Waals surface area contributed by atoms with Crippen LogP contribution in [-0.2, 0) is 14.3 Å². The molecular formula is C34H52O6. The molecule has 224 valence electrons. The highest BCUT2D eigenvalue weighted by atomic mass is 16.6. The SMILES string of the molecule is CCCCCCCC/C=C\CCCC(=O)O[C@@]12C[C@@H](C)[C@@]3(O)[C@@H](C=C(CO)C[C@]4(O)C(=O)C(C)=C[C@@H]34)[C@@H]1C2(C)C. The summed E-state index contributed by atoms with van der Waals surface area (Å²) in [4.78, 5) is 26.1. The first-order chi connectivity index (χ1) is 18.9. The lowest BCUT2D eigenvalue weighted by atomic mass is 9.60. The highest BCUT2D eigenvalue weighted by Gasteiger charge is 2.83. The van der Waals surface area contributed by atoms with Gasteiger partial charge in [0.05, 0.1) is 12.2 Å². The number of hydrogen-bond acceptors (Lipinski definition) is 6. The molecule has 4 rings (SSSR count). The second-order valence-electron chi connectivity index (χ2n) is 13.7. The zero-order chi connectivity index (χ0) is 29.3. The number of aliphatic hydroxyl groups is 3. The Morgan fingerprint density at radius 2 is 1.70 bits per heavy atom. The maximum Gasteiger partial charge on any atom is 0.306 e. The van der Waals surface area contributed by atoms with E-state index in [9.17, 15) is 24.9 Å². The lowest BCUT2D eigenvalue weighted by Gasteiger charge is -2.50. The molecule has 3 N–H and O–H groups in total. The lowest BCUT2D eigenvalue weighted by molar-refractivity contribution is -0.187. The second-order valence-corrected chi connectivity index (χ2v) is 13.7. The highest BCUT2D eigenvalue weighted by molar-refractivity contribution is 6.04. The molecule has 4 aliphatic carbocycles. The molecule has 2 saturated carbocycles. The van der Waals surface area contributed by atoms with Crippen LogP contribution >= 0.6 is 0 Å². The molecular weight excluding hydrogens is 504 g/mol. The quantitative estimate of drug-likeness (QED) is 0.146.